The monoisotopic (exact) mass is 225 g/mol. The molecule has 1 aromatic heterocycles. The van der Waals surface area contributed by atoms with Gasteiger partial charge in [-0.2, -0.15) is 11.3 Å². The van der Waals surface area contributed by atoms with E-state index in [2.05, 4.69) is 21.9 Å². The van der Waals surface area contributed by atoms with Gasteiger partial charge in [-0.25, -0.2) is 0 Å². The molecule has 2 rings (SSSR count). The number of amidine groups is 1. The zero-order valence-electron chi connectivity index (χ0n) is 8.44. The molecule has 0 aromatic carbocycles. The smallest absolute Gasteiger partial charge is 0.139 e. The molecule has 5 heteroatoms. The molecule has 0 unspecified atom stereocenters. The molecule has 0 spiro atoms. The molecule has 1 heterocycles. The lowest BCUT2D eigenvalue weighted by molar-refractivity contribution is 0.315. The van der Waals surface area contributed by atoms with Crippen molar-refractivity contribution in [2.45, 2.75) is 19.3 Å². The zero-order valence-corrected chi connectivity index (χ0v) is 9.26. The second-order valence-electron chi connectivity index (χ2n) is 4.13. The Morgan fingerprint density at radius 2 is 2.47 bits per heavy atom. The minimum atomic E-state index is 0.220. The van der Waals surface area contributed by atoms with Crippen LogP contribution in [0.15, 0.2) is 22.0 Å². The molecule has 0 bridgehead atoms. The van der Waals surface area contributed by atoms with Crippen molar-refractivity contribution >= 4 is 22.9 Å². The molecule has 82 valence electrons. The van der Waals surface area contributed by atoms with E-state index >= 15 is 0 Å². The van der Waals surface area contributed by atoms with Crippen LogP contribution in [0, 0.1) is 5.41 Å². The van der Waals surface area contributed by atoms with Crippen LogP contribution in [0.4, 0.5) is 5.69 Å². The van der Waals surface area contributed by atoms with Crippen LogP contribution < -0.4 is 11.1 Å². The third-order valence-corrected chi connectivity index (χ3v) is 3.51. The van der Waals surface area contributed by atoms with Gasteiger partial charge in [0.2, 0.25) is 0 Å². The molecule has 0 radical (unpaired) electrons. The molecule has 0 atom stereocenters. The number of nitrogens with two attached hydrogens (primary N) is 1. The summed E-state index contributed by atoms with van der Waals surface area (Å²) in [6.07, 6.45) is 2.99. The first-order valence-electron chi connectivity index (χ1n) is 4.97. The van der Waals surface area contributed by atoms with E-state index in [1.165, 1.54) is 0 Å². The third kappa shape index (κ3) is 2.62. The quantitative estimate of drug-likeness (QED) is 0.311. The Morgan fingerprint density at radius 1 is 1.67 bits per heavy atom. The van der Waals surface area contributed by atoms with Gasteiger partial charge in [-0.1, -0.05) is 5.16 Å². The fourth-order valence-electron chi connectivity index (χ4n) is 1.67. The second-order valence-corrected chi connectivity index (χ2v) is 4.91. The number of hydrogen-bond acceptors (Lipinski definition) is 4. The van der Waals surface area contributed by atoms with Gasteiger partial charge in [-0.15, -0.1) is 0 Å². The summed E-state index contributed by atoms with van der Waals surface area (Å²) in [5, 5.41) is 19.1. The van der Waals surface area contributed by atoms with Crippen LogP contribution in [0.3, 0.4) is 0 Å². The molecule has 1 fully saturated rings. The van der Waals surface area contributed by atoms with E-state index < -0.39 is 0 Å². The molecule has 0 saturated heterocycles. The fraction of sp³-hybridized carbons (Fsp3) is 0.500. The molecule has 4 nitrogen and oxygen atoms in total. The summed E-state index contributed by atoms with van der Waals surface area (Å²) in [5.41, 5.74) is 6.90. The van der Waals surface area contributed by atoms with E-state index in [0.717, 1.165) is 25.1 Å². The van der Waals surface area contributed by atoms with E-state index in [4.69, 9.17) is 10.9 Å². The van der Waals surface area contributed by atoms with Crippen molar-refractivity contribution in [3.8, 4) is 0 Å². The number of thiophene rings is 1. The van der Waals surface area contributed by atoms with Crippen LogP contribution in [0.2, 0.25) is 0 Å². The van der Waals surface area contributed by atoms with E-state index in [-0.39, 0.29) is 5.41 Å². The lowest BCUT2D eigenvalue weighted by Gasteiger charge is -2.14. The van der Waals surface area contributed by atoms with E-state index in [1.807, 2.05) is 5.38 Å². The zero-order chi connectivity index (χ0) is 10.7. The number of hydrogen-bond donors (Lipinski definition) is 3. The fourth-order valence-corrected chi connectivity index (χ4v) is 2.28. The van der Waals surface area contributed by atoms with Crippen molar-refractivity contribution in [3.05, 3.63) is 16.8 Å². The molecule has 15 heavy (non-hydrogen) atoms. The van der Waals surface area contributed by atoms with Crippen LogP contribution >= 0.6 is 11.3 Å². The highest BCUT2D eigenvalue weighted by Gasteiger charge is 2.43. The molecular formula is C10H15N3OS. The van der Waals surface area contributed by atoms with Gasteiger partial charge in [0.05, 0.1) is 0 Å². The SMILES string of the molecule is NC(CC1(CNc2ccsc2)CC1)=NO. The first kappa shape index (κ1) is 10.3. The first-order valence-corrected chi connectivity index (χ1v) is 5.91. The van der Waals surface area contributed by atoms with Gasteiger partial charge in [0.25, 0.3) is 0 Å². The molecule has 0 aliphatic heterocycles. The predicted octanol–water partition coefficient (Wildman–Crippen LogP) is 2.08. The number of anilines is 1. The van der Waals surface area contributed by atoms with Crippen molar-refractivity contribution in [2.24, 2.45) is 16.3 Å². The third-order valence-electron chi connectivity index (χ3n) is 2.83. The lowest BCUT2D eigenvalue weighted by Crippen LogP contribution is -2.23. The summed E-state index contributed by atoms with van der Waals surface area (Å²) in [6, 6.07) is 2.06. The normalized spacial score (nSPS) is 18.8. The summed E-state index contributed by atoms with van der Waals surface area (Å²) in [4.78, 5) is 0. The molecule has 1 aliphatic carbocycles. The average Bonchev–Trinajstić information content (AvgIpc) is 2.81. The van der Waals surface area contributed by atoms with Crippen LogP contribution in [0.25, 0.3) is 0 Å². The molecule has 0 amide bonds. The van der Waals surface area contributed by atoms with Gasteiger partial charge < -0.3 is 16.3 Å². The van der Waals surface area contributed by atoms with Crippen LogP contribution in [-0.4, -0.2) is 17.6 Å². The van der Waals surface area contributed by atoms with E-state index in [0.29, 0.717) is 12.3 Å². The minimum absolute atomic E-state index is 0.220. The Labute approximate surface area is 92.8 Å². The van der Waals surface area contributed by atoms with Gasteiger partial charge in [0, 0.05) is 24.0 Å². The Balaban J connectivity index is 1.84. The topological polar surface area (TPSA) is 70.6 Å². The van der Waals surface area contributed by atoms with E-state index in [9.17, 15) is 0 Å². The maximum absolute atomic E-state index is 8.52. The maximum atomic E-state index is 8.52. The van der Waals surface area contributed by atoms with Crippen molar-refractivity contribution in [2.75, 3.05) is 11.9 Å². The maximum Gasteiger partial charge on any atom is 0.139 e. The highest BCUT2D eigenvalue weighted by atomic mass is 32.1. The summed E-state index contributed by atoms with van der Waals surface area (Å²) in [6.45, 7) is 0.903. The Kier molecular flexibility index (Phi) is 2.81. The largest absolute Gasteiger partial charge is 0.409 e. The molecule has 4 N–H and O–H groups in total. The number of oxime groups is 1. The summed E-state index contributed by atoms with van der Waals surface area (Å²) >= 11 is 1.68. The Bertz CT molecular complexity index is 344. The van der Waals surface area contributed by atoms with Gasteiger partial charge in [-0.05, 0) is 29.7 Å². The number of nitrogens with one attached hydrogen (secondary N) is 1. The van der Waals surface area contributed by atoms with Crippen molar-refractivity contribution in [1.82, 2.24) is 0 Å². The number of nitrogens with zero attached hydrogens (tertiary/aromatic N) is 1. The second kappa shape index (κ2) is 4.10. The van der Waals surface area contributed by atoms with Crippen LogP contribution in [0.1, 0.15) is 19.3 Å². The minimum Gasteiger partial charge on any atom is -0.409 e. The van der Waals surface area contributed by atoms with Gasteiger partial charge in [0.15, 0.2) is 0 Å². The molecule has 1 aliphatic rings. The van der Waals surface area contributed by atoms with Crippen LogP contribution in [0.5, 0.6) is 0 Å². The standard InChI is InChI=1S/C10H15N3OS/c11-9(13-14)5-10(2-3-10)7-12-8-1-4-15-6-8/h1,4,6,12,14H,2-3,5,7H2,(H2,11,13). The summed E-state index contributed by atoms with van der Waals surface area (Å²) in [5.74, 6) is 0.333. The predicted molar refractivity (Wildman–Crippen MR) is 62.5 cm³/mol. The van der Waals surface area contributed by atoms with E-state index in [1.54, 1.807) is 11.3 Å². The Hall–Kier alpha value is -1.23. The summed E-state index contributed by atoms with van der Waals surface area (Å²) < 4.78 is 0. The highest BCUT2D eigenvalue weighted by molar-refractivity contribution is 7.08. The number of rotatable bonds is 5. The van der Waals surface area contributed by atoms with Crippen molar-refractivity contribution in [1.29, 1.82) is 0 Å². The molecule has 1 aromatic rings. The molecular weight excluding hydrogens is 210 g/mol. The van der Waals surface area contributed by atoms with Gasteiger partial charge >= 0.3 is 0 Å². The van der Waals surface area contributed by atoms with Gasteiger partial charge in [-0.3, -0.25) is 0 Å². The first-order chi connectivity index (χ1) is 7.24. The van der Waals surface area contributed by atoms with Crippen molar-refractivity contribution < 1.29 is 5.21 Å². The van der Waals surface area contributed by atoms with Crippen LogP contribution in [-0.2, 0) is 0 Å². The van der Waals surface area contributed by atoms with Gasteiger partial charge in [0.1, 0.15) is 5.84 Å². The molecule has 1 saturated carbocycles. The Morgan fingerprint density at radius 3 is 3.00 bits per heavy atom. The average molecular weight is 225 g/mol. The lowest BCUT2D eigenvalue weighted by atomic mass is 10.0. The van der Waals surface area contributed by atoms with Crippen molar-refractivity contribution in [3.63, 3.8) is 0 Å². The summed E-state index contributed by atoms with van der Waals surface area (Å²) in [7, 11) is 0. The highest BCUT2D eigenvalue weighted by Crippen LogP contribution is 2.48.